The maximum atomic E-state index is 13.3. The van der Waals surface area contributed by atoms with E-state index < -0.39 is 46.5 Å². The third-order valence-electron chi connectivity index (χ3n) is 9.72. The van der Waals surface area contributed by atoms with Crippen molar-refractivity contribution in [3.05, 3.63) is 53.4 Å². The Kier molecular flexibility index (Phi) is 12.2. The largest absolute Gasteiger partial charge is 0.461 e. The molecule has 2 aromatic rings. The average Bonchev–Trinajstić information content (AvgIpc) is 3.94. The fourth-order valence-corrected chi connectivity index (χ4v) is 7.98. The molecule has 2 aliphatic carbocycles. The zero-order chi connectivity index (χ0) is 35.9. The van der Waals surface area contributed by atoms with Crippen LogP contribution in [0.15, 0.2) is 12.1 Å². The van der Waals surface area contributed by atoms with E-state index in [0.29, 0.717) is 23.7 Å². The Balaban J connectivity index is 1.55. The second kappa shape index (κ2) is 15.1. The van der Waals surface area contributed by atoms with Gasteiger partial charge in [-0.2, -0.15) is 0 Å². The maximum absolute atomic E-state index is 13.3. The molecular weight excluding hydrogens is 749 g/mol. The van der Waals surface area contributed by atoms with E-state index in [1.165, 1.54) is 0 Å². The molecule has 4 unspecified atom stereocenters. The zero-order valence-electron chi connectivity index (χ0n) is 27.2. The summed E-state index contributed by atoms with van der Waals surface area (Å²) in [5.74, 6) is -4.82. The molecule has 0 aromatic heterocycles. The van der Waals surface area contributed by atoms with Crippen LogP contribution in [0.3, 0.4) is 0 Å². The van der Waals surface area contributed by atoms with Gasteiger partial charge in [-0.05, 0) is 61.5 Å². The molecule has 0 heterocycles. The highest BCUT2D eigenvalue weighted by Crippen LogP contribution is 2.60. The summed E-state index contributed by atoms with van der Waals surface area (Å²) < 4.78 is 21.7. The molecule has 14 heteroatoms. The molecule has 0 amide bonds. The fraction of sp³-hybridized carbons (Fsp3) is 0.529. The van der Waals surface area contributed by atoms with Gasteiger partial charge in [-0.3, -0.25) is 0 Å². The summed E-state index contributed by atoms with van der Waals surface area (Å²) in [5, 5.41) is -1.46. The van der Waals surface area contributed by atoms with Gasteiger partial charge < -0.3 is 18.9 Å². The van der Waals surface area contributed by atoms with Gasteiger partial charge in [-0.15, -0.1) is 0 Å². The molecule has 0 radical (unpaired) electrons. The molecule has 0 aliphatic heterocycles. The summed E-state index contributed by atoms with van der Waals surface area (Å²) in [4.78, 5) is 52.8. The molecule has 2 fully saturated rings. The van der Waals surface area contributed by atoms with Crippen LogP contribution in [-0.4, -0.2) is 37.1 Å². The highest BCUT2D eigenvalue weighted by Gasteiger charge is 2.55. The van der Waals surface area contributed by atoms with Crippen molar-refractivity contribution in [1.29, 1.82) is 0 Å². The molecule has 8 nitrogen and oxygen atoms in total. The van der Waals surface area contributed by atoms with Crippen molar-refractivity contribution in [2.24, 2.45) is 34.5 Å². The van der Waals surface area contributed by atoms with Gasteiger partial charge in [0, 0.05) is 10.8 Å². The van der Waals surface area contributed by atoms with Crippen molar-refractivity contribution in [3.8, 4) is 11.5 Å². The highest BCUT2D eigenvalue weighted by atomic mass is 35.5. The Labute approximate surface area is 309 Å². The fourth-order valence-electron chi connectivity index (χ4n) is 6.55. The van der Waals surface area contributed by atoms with Gasteiger partial charge in [0.15, 0.2) is 11.5 Å². The van der Waals surface area contributed by atoms with Crippen LogP contribution < -0.4 is 9.47 Å². The van der Waals surface area contributed by atoms with Gasteiger partial charge in [-0.1, -0.05) is 111 Å². The molecule has 0 saturated heterocycles. The lowest BCUT2D eigenvalue weighted by Gasteiger charge is -2.19. The van der Waals surface area contributed by atoms with Gasteiger partial charge in [0.25, 0.3) is 0 Å². The van der Waals surface area contributed by atoms with Gasteiger partial charge in [0.1, 0.15) is 11.1 Å². The minimum atomic E-state index is -1.64. The topological polar surface area (TPSA) is 105 Å². The number of carbonyl (C=O) groups is 4. The first-order chi connectivity index (χ1) is 22.4. The van der Waals surface area contributed by atoms with E-state index in [1.807, 2.05) is 13.8 Å². The summed E-state index contributed by atoms with van der Waals surface area (Å²) in [6, 6.07) is 2.27. The number of hydrogen-bond donors (Lipinski definition) is 0. The Morgan fingerprint density at radius 2 is 0.979 bits per heavy atom. The lowest BCUT2D eigenvalue weighted by molar-refractivity contribution is -0.156. The standard InChI is InChI=1S/C34H36Cl6O8/c1-7-33(11-17(33)15(3)4)13-45-29(41)23-25(39)19(35)9-21(37)27(23)47-31(43)32(44)48-28-22(38)10-20(36)26(40)24(28)30(42)46-14-34(8-2)12-18(34)16(5)6/h9-10,15-18H,7-8,11-14H2,1-6H3. The second-order valence-electron chi connectivity index (χ2n) is 13.2. The zero-order valence-corrected chi connectivity index (χ0v) is 31.8. The van der Waals surface area contributed by atoms with Gasteiger partial charge in [-0.25, -0.2) is 19.2 Å². The summed E-state index contributed by atoms with van der Waals surface area (Å²) in [5.41, 5.74) is -1.29. The monoisotopic (exact) mass is 782 g/mol. The predicted octanol–water partition coefficient (Wildman–Crippen LogP) is 10.6. The number of hydrogen-bond acceptors (Lipinski definition) is 8. The first-order valence-corrected chi connectivity index (χ1v) is 17.8. The third kappa shape index (κ3) is 7.84. The van der Waals surface area contributed by atoms with Crippen molar-refractivity contribution in [1.82, 2.24) is 0 Å². The number of esters is 4. The van der Waals surface area contributed by atoms with E-state index in [1.54, 1.807) is 0 Å². The number of ether oxygens (including phenoxy) is 4. The van der Waals surface area contributed by atoms with E-state index in [9.17, 15) is 19.2 Å². The summed E-state index contributed by atoms with van der Waals surface area (Å²) in [7, 11) is 0. The van der Waals surface area contributed by atoms with E-state index in [0.717, 1.165) is 37.8 Å². The highest BCUT2D eigenvalue weighted by molar-refractivity contribution is 6.47. The van der Waals surface area contributed by atoms with Crippen LogP contribution in [0.5, 0.6) is 11.5 Å². The van der Waals surface area contributed by atoms with E-state index in [2.05, 4.69) is 27.7 Å². The van der Waals surface area contributed by atoms with Crippen molar-refractivity contribution in [3.63, 3.8) is 0 Å². The van der Waals surface area contributed by atoms with Crippen LogP contribution in [0, 0.1) is 34.5 Å². The maximum Gasteiger partial charge on any atom is 0.423 e. The molecule has 4 rings (SSSR count). The molecule has 0 bridgehead atoms. The number of halogens is 6. The Bertz CT molecular complexity index is 1520. The van der Waals surface area contributed by atoms with E-state index >= 15 is 0 Å². The quantitative estimate of drug-likeness (QED) is 0.0907. The molecule has 0 spiro atoms. The molecule has 262 valence electrons. The van der Waals surface area contributed by atoms with Crippen LogP contribution in [0.25, 0.3) is 0 Å². The van der Waals surface area contributed by atoms with Crippen LogP contribution in [0.4, 0.5) is 0 Å². The second-order valence-corrected chi connectivity index (χ2v) is 15.6. The predicted molar refractivity (Wildman–Crippen MR) is 186 cm³/mol. The van der Waals surface area contributed by atoms with E-state index in [-0.39, 0.29) is 54.2 Å². The molecule has 4 atom stereocenters. The van der Waals surface area contributed by atoms with Gasteiger partial charge >= 0.3 is 23.9 Å². The van der Waals surface area contributed by atoms with Crippen molar-refractivity contribution in [2.75, 3.05) is 13.2 Å². The molecule has 48 heavy (non-hydrogen) atoms. The van der Waals surface area contributed by atoms with Crippen LogP contribution >= 0.6 is 69.6 Å². The lowest BCUT2D eigenvalue weighted by atomic mass is 9.95. The Morgan fingerprint density at radius 3 is 1.25 bits per heavy atom. The normalized spacial score (nSPS) is 22.8. The van der Waals surface area contributed by atoms with Crippen molar-refractivity contribution < 1.29 is 38.1 Å². The smallest absolute Gasteiger partial charge is 0.423 e. The molecule has 2 aliphatic rings. The minimum Gasteiger partial charge on any atom is -0.461 e. The third-order valence-corrected chi connectivity index (χ3v) is 11.9. The number of carbonyl (C=O) groups excluding carboxylic acids is 4. The molecule has 2 saturated carbocycles. The number of benzene rings is 2. The first kappa shape index (κ1) is 38.9. The number of rotatable bonds is 12. The van der Waals surface area contributed by atoms with Crippen LogP contribution in [0.2, 0.25) is 30.1 Å². The Morgan fingerprint density at radius 1 is 0.646 bits per heavy atom. The lowest BCUT2D eigenvalue weighted by Crippen LogP contribution is -2.28. The summed E-state index contributed by atoms with van der Waals surface area (Å²) >= 11 is 37.7. The van der Waals surface area contributed by atoms with Gasteiger partial charge in [0.05, 0.1) is 43.3 Å². The SMILES string of the molecule is CCC1(COC(=O)c2c(Cl)c(Cl)cc(Cl)c2OC(=O)C(=O)Oc2c(Cl)cc(Cl)c(Cl)c2C(=O)OCC2(CC)CC2C(C)C)CC1C(C)C. The first-order valence-electron chi connectivity index (χ1n) is 15.6. The minimum absolute atomic E-state index is 0.0905. The summed E-state index contributed by atoms with van der Waals surface area (Å²) in [6.07, 6.45) is 3.34. The van der Waals surface area contributed by atoms with Crippen LogP contribution in [0.1, 0.15) is 87.9 Å². The Hall–Kier alpha value is -1.94. The van der Waals surface area contributed by atoms with Gasteiger partial charge in [0.2, 0.25) is 0 Å². The van der Waals surface area contributed by atoms with E-state index in [4.69, 9.17) is 88.6 Å². The average molecular weight is 785 g/mol. The van der Waals surface area contributed by atoms with Crippen LogP contribution in [-0.2, 0) is 19.1 Å². The molecular formula is C34H36Cl6O8. The molecule has 2 aromatic carbocycles. The summed E-state index contributed by atoms with van der Waals surface area (Å²) in [6.45, 7) is 12.6. The van der Waals surface area contributed by atoms with Crippen molar-refractivity contribution in [2.45, 2.75) is 67.2 Å². The van der Waals surface area contributed by atoms with Crippen molar-refractivity contribution >= 4 is 93.5 Å². The molecule has 0 N–H and O–H groups in total.